The van der Waals surface area contributed by atoms with E-state index in [9.17, 15) is 9.18 Å². The third kappa shape index (κ3) is 2.84. The molecule has 17 heavy (non-hydrogen) atoms. The van der Waals surface area contributed by atoms with Crippen molar-refractivity contribution in [2.24, 2.45) is 5.92 Å². The fourth-order valence-corrected chi connectivity index (χ4v) is 1.81. The highest BCUT2D eigenvalue weighted by molar-refractivity contribution is 5.94. The summed E-state index contributed by atoms with van der Waals surface area (Å²) in [6.07, 6.45) is 2.82. The van der Waals surface area contributed by atoms with E-state index in [1.165, 1.54) is 6.07 Å². The van der Waals surface area contributed by atoms with Crippen LogP contribution >= 0.6 is 0 Å². The molecule has 0 spiro atoms. The van der Waals surface area contributed by atoms with E-state index < -0.39 is 0 Å². The molecule has 1 aliphatic carbocycles. The molecule has 1 fully saturated rings. The molecular weight excluding hydrogens is 217 g/mol. The Balaban J connectivity index is 2.09. The van der Waals surface area contributed by atoms with Crippen LogP contribution in [0.3, 0.4) is 0 Å². The van der Waals surface area contributed by atoms with Gasteiger partial charge in [0.05, 0.1) is 0 Å². The van der Waals surface area contributed by atoms with Crippen LogP contribution in [0, 0.1) is 11.7 Å². The van der Waals surface area contributed by atoms with E-state index in [0.29, 0.717) is 5.69 Å². The van der Waals surface area contributed by atoms with Crippen LogP contribution < -0.4 is 5.32 Å². The van der Waals surface area contributed by atoms with E-state index in [1.807, 2.05) is 13.8 Å². The molecule has 1 amide bonds. The van der Waals surface area contributed by atoms with Crippen LogP contribution in [0.1, 0.15) is 44.6 Å². The first-order valence-corrected chi connectivity index (χ1v) is 6.22. The summed E-state index contributed by atoms with van der Waals surface area (Å²) in [6.45, 7) is 4.04. The van der Waals surface area contributed by atoms with Gasteiger partial charge in [-0.2, -0.15) is 0 Å². The van der Waals surface area contributed by atoms with Crippen molar-refractivity contribution in [3.63, 3.8) is 0 Å². The van der Waals surface area contributed by atoms with Crippen LogP contribution in [0.15, 0.2) is 18.2 Å². The lowest BCUT2D eigenvalue weighted by Crippen LogP contribution is -2.13. The Morgan fingerprint density at radius 1 is 1.53 bits per heavy atom. The molecule has 0 aromatic heterocycles. The van der Waals surface area contributed by atoms with Crippen molar-refractivity contribution in [2.45, 2.75) is 39.0 Å². The Hall–Kier alpha value is -1.38. The van der Waals surface area contributed by atoms with Gasteiger partial charge in [0.15, 0.2) is 0 Å². The molecule has 1 aliphatic rings. The first-order chi connectivity index (χ1) is 8.11. The molecule has 3 heteroatoms. The average molecular weight is 235 g/mol. The van der Waals surface area contributed by atoms with Crippen molar-refractivity contribution < 1.29 is 9.18 Å². The molecular formula is C14H18FNO. The second kappa shape index (κ2) is 4.86. The van der Waals surface area contributed by atoms with E-state index in [0.717, 1.165) is 24.8 Å². The highest BCUT2D eigenvalue weighted by Crippen LogP contribution is 2.31. The smallest absolute Gasteiger partial charge is 0.227 e. The standard InChI is InChI=1S/C14H18FNO/c1-3-9(2)12-7-6-11(8-13(12)15)16-14(17)10-4-5-10/h6-10H,3-5H2,1-2H3,(H,16,17)/t9-/m0/s1. The maximum absolute atomic E-state index is 13.8. The lowest BCUT2D eigenvalue weighted by molar-refractivity contribution is -0.117. The van der Waals surface area contributed by atoms with E-state index in [1.54, 1.807) is 12.1 Å². The number of amides is 1. The van der Waals surface area contributed by atoms with E-state index in [-0.39, 0.29) is 23.6 Å². The largest absolute Gasteiger partial charge is 0.326 e. The van der Waals surface area contributed by atoms with Crippen LogP contribution in [0.4, 0.5) is 10.1 Å². The Kier molecular flexibility index (Phi) is 3.46. The van der Waals surface area contributed by atoms with Gasteiger partial charge in [0.2, 0.25) is 5.91 Å². The molecule has 2 rings (SSSR count). The fourth-order valence-electron chi connectivity index (χ4n) is 1.81. The second-order valence-corrected chi connectivity index (χ2v) is 4.81. The summed E-state index contributed by atoms with van der Waals surface area (Å²) in [6, 6.07) is 4.97. The fraction of sp³-hybridized carbons (Fsp3) is 0.500. The summed E-state index contributed by atoms with van der Waals surface area (Å²) in [5.74, 6) is 0.143. The summed E-state index contributed by atoms with van der Waals surface area (Å²) in [5, 5.41) is 2.75. The van der Waals surface area contributed by atoms with Gasteiger partial charge < -0.3 is 5.32 Å². The third-order valence-electron chi connectivity index (χ3n) is 3.36. The molecule has 0 heterocycles. The number of nitrogens with one attached hydrogen (secondary N) is 1. The topological polar surface area (TPSA) is 29.1 Å². The minimum Gasteiger partial charge on any atom is -0.326 e. The van der Waals surface area contributed by atoms with Gasteiger partial charge in [-0.1, -0.05) is 19.9 Å². The maximum atomic E-state index is 13.8. The molecule has 0 aliphatic heterocycles. The van der Waals surface area contributed by atoms with Gasteiger partial charge in [-0.05, 0) is 42.9 Å². The third-order valence-corrected chi connectivity index (χ3v) is 3.36. The average Bonchev–Trinajstić information content (AvgIpc) is 3.12. The normalized spacial score (nSPS) is 16.6. The first-order valence-electron chi connectivity index (χ1n) is 6.22. The summed E-state index contributed by atoms with van der Waals surface area (Å²) in [4.78, 5) is 11.5. The van der Waals surface area contributed by atoms with Gasteiger partial charge in [-0.3, -0.25) is 4.79 Å². The summed E-state index contributed by atoms with van der Waals surface area (Å²) >= 11 is 0. The molecule has 1 aromatic carbocycles. The number of halogens is 1. The lowest BCUT2D eigenvalue weighted by Gasteiger charge is -2.12. The molecule has 1 aromatic rings. The molecule has 1 N–H and O–H groups in total. The predicted octanol–water partition coefficient (Wildman–Crippen LogP) is 3.69. The van der Waals surface area contributed by atoms with E-state index >= 15 is 0 Å². The number of rotatable bonds is 4. The molecule has 92 valence electrons. The SMILES string of the molecule is CC[C@H](C)c1ccc(NC(=O)C2CC2)cc1F. The Morgan fingerprint density at radius 2 is 2.24 bits per heavy atom. The lowest BCUT2D eigenvalue weighted by atomic mass is 9.98. The summed E-state index contributed by atoms with van der Waals surface area (Å²) in [7, 11) is 0. The Morgan fingerprint density at radius 3 is 2.76 bits per heavy atom. The molecule has 0 bridgehead atoms. The molecule has 2 nitrogen and oxygen atoms in total. The minimum atomic E-state index is -0.229. The summed E-state index contributed by atoms with van der Waals surface area (Å²) < 4.78 is 13.8. The molecule has 0 saturated heterocycles. The number of carbonyl (C=O) groups is 1. The predicted molar refractivity (Wildman–Crippen MR) is 66.5 cm³/mol. The highest BCUT2D eigenvalue weighted by Gasteiger charge is 2.29. The molecule has 0 unspecified atom stereocenters. The highest BCUT2D eigenvalue weighted by atomic mass is 19.1. The quantitative estimate of drug-likeness (QED) is 0.847. The van der Waals surface area contributed by atoms with Gasteiger partial charge in [0.25, 0.3) is 0 Å². The number of benzene rings is 1. The monoisotopic (exact) mass is 235 g/mol. The number of anilines is 1. The maximum Gasteiger partial charge on any atom is 0.227 e. The van der Waals surface area contributed by atoms with Crippen molar-refractivity contribution in [1.29, 1.82) is 0 Å². The molecule has 0 radical (unpaired) electrons. The number of hydrogen-bond donors (Lipinski definition) is 1. The zero-order valence-corrected chi connectivity index (χ0v) is 10.3. The first kappa shape index (κ1) is 12.1. The van der Waals surface area contributed by atoms with Crippen molar-refractivity contribution in [3.8, 4) is 0 Å². The molecule has 1 atom stereocenters. The van der Waals surface area contributed by atoms with Crippen LogP contribution in [-0.4, -0.2) is 5.91 Å². The van der Waals surface area contributed by atoms with Crippen molar-refractivity contribution >= 4 is 11.6 Å². The number of hydrogen-bond acceptors (Lipinski definition) is 1. The van der Waals surface area contributed by atoms with Crippen LogP contribution in [0.5, 0.6) is 0 Å². The van der Waals surface area contributed by atoms with Crippen LogP contribution in [-0.2, 0) is 4.79 Å². The van der Waals surface area contributed by atoms with E-state index in [2.05, 4.69) is 5.32 Å². The zero-order chi connectivity index (χ0) is 12.4. The van der Waals surface area contributed by atoms with Gasteiger partial charge in [0.1, 0.15) is 5.82 Å². The van der Waals surface area contributed by atoms with Crippen molar-refractivity contribution in [3.05, 3.63) is 29.6 Å². The van der Waals surface area contributed by atoms with Gasteiger partial charge >= 0.3 is 0 Å². The van der Waals surface area contributed by atoms with Crippen LogP contribution in [0.25, 0.3) is 0 Å². The zero-order valence-electron chi connectivity index (χ0n) is 10.3. The Labute approximate surface area is 101 Å². The second-order valence-electron chi connectivity index (χ2n) is 4.81. The number of carbonyl (C=O) groups excluding carboxylic acids is 1. The summed E-state index contributed by atoms with van der Waals surface area (Å²) in [5.41, 5.74) is 1.28. The Bertz CT molecular complexity index is 426. The van der Waals surface area contributed by atoms with Gasteiger partial charge in [-0.15, -0.1) is 0 Å². The van der Waals surface area contributed by atoms with Gasteiger partial charge in [-0.25, -0.2) is 4.39 Å². The molecule has 1 saturated carbocycles. The van der Waals surface area contributed by atoms with Gasteiger partial charge in [0, 0.05) is 11.6 Å². The van der Waals surface area contributed by atoms with Crippen LogP contribution in [0.2, 0.25) is 0 Å². The van der Waals surface area contributed by atoms with Crippen molar-refractivity contribution in [2.75, 3.05) is 5.32 Å². The van der Waals surface area contributed by atoms with E-state index in [4.69, 9.17) is 0 Å². The van der Waals surface area contributed by atoms with Crippen molar-refractivity contribution in [1.82, 2.24) is 0 Å². The minimum absolute atomic E-state index is 0.0145.